The van der Waals surface area contributed by atoms with E-state index in [4.69, 9.17) is 4.42 Å². The topological polar surface area (TPSA) is 67.5 Å². The second-order valence-corrected chi connectivity index (χ2v) is 6.39. The van der Waals surface area contributed by atoms with Crippen molar-refractivity contribution in [2.24, 2.45) is 5.10 Å². The van der Waals surface area contributed by atoms with Crippen molar-refractivity contribution in [1.82, 2.24) is 10.4 Å². The highest BCUT2D eigenvalue weighted by molar-refractivity contribution is 7.99. The Balaban J connectivity index is 1.61. The SMILES string of the molecule is Cc1ccc2nc(SCC(=O)N/N=C\c3ccco3)cc(C)c2c1. The summed E-state index contributed by atoms with van der Waals surface area (Å²) in [6.07, 6.45) is 3.01. The molecule has 6 heteroatoms. The molecule has 0 unspecified atom stereocenters. The Bertz CT molecular complexity index is 889. The quantitative estimate of drug-likeness (QED) is 0.437. The van der Waals surface area contributed by atoms with Gasteiger partial charge < -0.3 is 4.42 Å². The predicted octanol–water partition coefficient (Wildman–Crippen LogP) is 3.69. The van der Waals surface area contributed by atoms with Gasteiger partial charge in [-0.1, -0.05) is 23.4 Å². The maximum absolute atomic E-state index is 11.8. The van der Waals surface area contributed by atoms with Gasteiger partial charge in [0.15, 0.2) is 0 Å². The van der Waals surface area contributed by atoms with E-state index in [-0.39, 0.29) is 11.7 Å². The molecule has 1 amide bonds. The number of thioether (sulfide) groups is 1. The number of nitrogens with zero attached hydrogens (tertiary/aromatic N) is 2. The number of hydrogen-bond acceptors (Lipinski definition) is 5. The van der Waals surface area contributed by atoms with Crippen LogP contribution in [0, 0.1) is 13.8 Å². The van der Waals surface area contributed by atoms with E-state index in [9.17, 15) is 4.79 Å². The van der Waals surface area contributed by atoms with Crippen molar-refractivity contribution in [3.8, 4) is 0 Å². The molecular weight excluding hydrogens is 322 g/mol. The molecule has 0 spiro atoms. The number of nitrogens with one attached hydrogen (secondary N) is 1. The number of fused-ring (bicyclic) bond motifs is 1. The second-order valence-electron chi connectivity index (χ2n) is 5.40. The zero-order valence-electron chi connectivity index (χ0n) is 13.4. The second kappa shape index (κ2) is 7.31. The van der Waals surface area contributed by atoms with Gasteiger partial charge in [-0.25, -0.2) is 10.4 Å². The summed E-state index contributed by atoms with van der Waals surface area (Å²) in [6.45, 7) is 4.12. The Morgan fingerprint density at radius 3 is 3.00 bits per heavy atom. The molecule has 5 nitrogen and oxygen atoms in total. The summed E-state index contributed by atoms with van der Waals surface area (Å²) in [6, 6.07) is 11.7. The van der Waals surface area contributed by atoms with Gasteiger partial charge in [-0.2, -0.15) is 5.10 Å². The maximum atomic E-state index is 11.8. The van der Waals surface area contributed by atoms with Crippen LogP contribution >= 0.6 is 11.8 Å². The van der Waals surface area contributed by atoms with Crippen molar-refractivity contribution < 1.29 is 9.21 Å². The van der Waals surface area contributed by atoms with Crippen LogP contribution in [0.1, 0.15) is 16.9 Å². The summed E-state index contributed by atoms with van der Waals surface area (Å²) in [5, 5.41) is 5.82. The molecule has 0 saturated heterocycles. The molecule has 0 bridgehead atoms. The van der Waals surface area contributed by atoms with Gasteiger partial charge >= 0.3 is 0 Å². The van der Waals surface area contributed by atoms with Crippen molar-refractivity contribution >= 4 is 34.8 Å². The van der Waals surface area contributed by atoms with Crippen LogP contribution in [0.5, 0.6) is 0 Å². The van der Waals surface area contributed by atoms with E-state index in [0.717, 1.165) is 21.5 Å². The lowest BCUT2D eigenvalue weighted by Crippen LogP contribution is -2.19. The molecule has 0 radical (unpaired) electrons. The lowest BCUT2D eigenvalue weighted by atomic mass is 10.1. The Kier molecular flexibility index (Phi) is 4.96. The molecule has 2 heterocycles. The van der Waals surface area contributed by atoms with E-state index in [1.54, 1.807) is 18.4 Å². The number of carbonyl (C=O) groups excluding carboxylic acids is 1. The highest BCUT2D eigenvalue weighted by atomic mass is 32.2. The fourth-order valence-corrected chi connectivity index (χ4v) is 3.02. The average molecular weight is 339 g/mol. The van der Waals surface area contributed by atoms with Crippen LogP contribution in [0.15, 0.2) is 57.2 Å². The Morgan fingerprint density at radius 2 is 2.21 bits per heavy atom. The van der Waals surface area contributed by atoms with Crippen LogP contribution in [0.4, 0.5) is 0 Å². The monoisotopic (exact) mass is 339 g/mol. The number of pyridine rings is 1. The van der Waals surface area contributed by atoms with Crippen LogP contribution in [0.25, 0.3) is 10.9 Å². The zero-order valence-corrected chi connectivity index (χ0v) is 14.3. The minimum Gasteiger partial charge on any atom is -0.463 e. The fourth-order valence-electron chi connectivity index (χ4n) is 2.26. The van der Waals surface area contributed by atoms with E-state index in [1.807, 2.05) is 18.2 Å². The maximum Gasteiger partial charge on any atom is 0.250 e. The smallest absolute Gasteiger partial charge is 0.250 e. The molecule has 0 atom stereocenters. The number of amides is 1. The summed E-state index contributed by atoms with van der Waals surface area (Å²) in [4.78, 5) is 16.4. The first-order chi connectivity index (χ1) is 11.6. The third kappa shape index (κ3) is 4.02. The molecule has 1 N–H and O–H groups in total. The van der Waals surface area contributed by atoms with Crippen molar-refractivity contribution in [3.05, 3.63) is 59.5 Å². The van der Waals surface area contributed by atoms with Gasteiger partial charge in [0.05, 0.1) is 28.8 Å². The minimum atomic E-state index is -0.189. The van der Waals surface area contributed by atoms with Gasteiger partial charge in [0.1, 0.15) is 5.76 Å². The van der Waals surface area contributed by atoms with Gasteiger partial charge in [0, 0.05) is 5.39 Å². The molecule has 0 saturated carbocycles. The predicted molar refractivity (Wildman–Crippen MR) is 96.4 cm³/mol. The van der Waals surface area contributed by atoms with Gasteiger partial charge in [-0.05, 0) is 49.7 Å². The molecule has 3 aromatic rings. The molecule has 0 fully saturated rings. The van der Waals surface area contributed by atoms with E-state index in [1.165, 1.54) is 23.5 Å². The summed E-state index contributed by atoms with van der Waals surface area (Å²) in [7, 11) is 0. The van der Waals surface area contributed by atoms with Crippen LogP contribution in [0.2, 0.25) is 0 Å². The molecule has 2 aromatic heterocycles. The van der Waals surface area contributed by atoms with Gasteiger partial charge in [-0.3, -0.25) is 4.79 Å². The summed E-state index contributed by atoms with van der Waals surface area (Å²) in [5.74, 6) is 0.649. The van der Waals surface area contributed by atoms with E-state index >= 15 is 0 Å². The number of rotatable bonds is 5. The Labute approximate surface area is 144 Å². The van der Waals surface area contributed by atoms with Crippen molar-refractivity contribution in [1.29, 1.82) is 0 Å². The Morgan fingerprint density at radius 1 is 1.33 bits per heavy atom. The largest absolute Gasteiger partial charge is 0.463 e. The number of hydrazone groups is 1. The molecule has 0 aliphatic rings. The first-order valence-electron chi connectivity index (χ1n) is 7.48. The lowest BCUT2D eigenvalue weighted by molar-refractivity contribution is -0.118. The highest BCUT2D eigenvalue weighted by Gasteiger charge is 2.06. The van der Waals surface area contributed by atoms with Crippen LogP contribution < -0.4 is 5.43 Å². The van der Waals surface area contributed by atoms with E-state index in [0.29, 0.717) is 5.76 Å². The molecule has 24 heavy (non-hydrogen) atoms. The van der Waals surface area contributed by atoms with Gasteiger partial charge in [0.2, 0.25) is 5.91 Å². The average Bonchev–Trinajstić information content (AvgIpc) is 3.07. The van der Waals surface area contributed by atoms with E-state index in [2.05, 4.69) is 35.4 Å². The lowest BCUT2D eigenvalue weighted by Gasteiger charge is -2.06. The number of furan rings is 1. The Hall–Kier alpha value is -2.60. The standard InChI is InChI=1S/C18H17N3O2S/c1-12-5-6-16-15(8-12)13(2)9-18(20-16)24-11-17(22)21-19-10-14-4-3-7-23-14/h3-10H,11H2,1-2H3,(H,21,22)/b19-10-. The summed E-state index contributed by atoms with van der Waals surface area (Å²) >= 11 is 1.39. The molecule has 1 aromatic carbocycles. The van der Waals surface area contributed by atoms with Gasteiger partial charge in [0.25, 0.3) is 0 Å². The van der Waals surface area contributed by atoms with Crippen LogP contribution in [-0.2, 0) is 4.79 Å². The van der Waals surface area contributed by atoms with Gasteiger partial charge in [-0.15, -0.1) is 0 Å². The third-order valence-corrected chi connectivity index (χ3v) is 4.33. The number of carbonyl (C=O) groups is 1. The van der Waals surface area contributed by atoms with Crippen LogP contribution in [0.3, 0.4) is 0 Å². The number of benzene rings is 1. The molecular formula is C18H17N3O2S. The first kappa shape index (κ1) is 16.3. The number of hydrogen-bond donors (Lipinski definition) is 1. The summed E-state index contributed by atoms with van der Waals surface area (Å²) in [5.41, 5.74) is 5.78. The minimum absolute atomic E-state index is 0.189. The fraction of sp³-hybridized carbons (Fsp3) is 0.167. The van der Waals surface area contributed by atoms with Crippen molar-refractivity contribution in [2.75, 3.05) is 5.75 Å². The van der Waals surface area contributed by atoms with Crippen LogP contribution in [-0.4, -0.2) is 22.9 Å². The zero-order chi connectivity index (χ0) is 16.9. The molecule has 122 valence electrons. The van der Waals surface area contributed by atoms with E-state index < -0.39 is 0 Å². The highest BCUT2D eigenvalue weighted by Crippen LogP contribution is 2.24. The summed E-state index contributed by atoms with van der Waals surface area (Å²) < 4.78 is 5.09. The molecule has 0 aliphatic heterocycles. The molecule has 3 rings (SSSR count). The van der Waals surface area contributed by atoms with Crippen molar-refractivity contribution in [3.63, 3.8) is 0 Å². The third-order valence-electron chi connectivity index (χ3n) is 3.42. The van der Waals surface area contributed by atoms with Crippen molar-refractivity contribution in [2.45, 2.75) is 18.9 Å². The first-order valence-corrected chi connectivity index (χ1v) is 8.46. The normalized spacial score (nSPS) is 11.2. The molecule has 0 aliphatic carbocycles. The number of aromatic nitrogens is 1. The number of aryl methyl sites for hydroxylation is 2.